The molecule has 1 unspecified atom stereocenters. The quantitative estimate of drug-likeness (QED) is 0.570. The van der Waals surface area contributed by atoms with Crippen molar-refractivity contribution in [3.8, 4) is 12.3 Å². The Morgan fingerprint density at radius 3 is 2.50 bits per heavy atom. The molecule has 0 heterocycles. The predicted octanol–water partition coefficient (Wildman–Crippen LogP) is 3.63. The fourth-order valence-corrected chi connectivity index (χ4v) is 2.44. The number of ether oxygens (including phenoxy) is 2. The molecule has 0 N–H and O–H groups in total. The largest absolute Gasteiger partial charge is 0.468 e. The van der Waals surface area contributed by atoms with Crippen molar-refractivity contribution < 1.29 is 14.3 Å². The lowest BCUT2D eigenvalue weighted by Gasteiger charge is -2.32. The number of carbonyl (C=O) groups excluding carboxylic acids is 1. The maximum atomic E-state index is 12.4. The van der Waals surface area contributed by atoms with Gasteiger partial charge in [0.05, 0.1) is 18.1 Å². The van der Waals surface area contributed by atoms with Gasteiger partial charge in [-0.25, -0.2) is 0 Å². The van der Waals surface area contributed by atoms with Crippen LogP contribution in [0.25, 0.3) is 0 Å². The summed E-state index contributed by atoms with van der Waals surface area (Å²) in [6.45, 7) is 8.18. The molecule has 0 saturated heterocycles. The van der Waals surface area contributed by atoms with Crippen molar-refractivity contribution in [1.82, 2.24) is 0 Å². The Labute approximate surface area is 134 Å². The lowest BCUT2D eigenvalue weighted by molar-refractivity contribution is -0.147. The maximum absolute atomic E-state index is 12.4. The zero-order chi connectivity index (χ0) is 16.8. The number of aryl methyl sites for hydroxylation is 1. The van der Waals surface area contributed by atoms with Crippen LogP contribution in [0.3, 0.4) is 0 Å². The zero-order valence-corrected chi connectivity index (χ0v) is 14.2. The third-order valence-corrected chi connectivity index (χ3v) is 4.06. The average molecular weight is 302 g/mol. The van der Waals surface area contributed by atoms with Gasteiger partial charge in [-0.1, -0.05) is 35.7 Å². The second-order valence-electron chi connectivity index (χ2n) is 6.45. The van der Waals surface area contributed by atoms with Gasteiger partial charge in [-0.3, -0.25) is 4.79 Å². The van der Waals surface area contributed by atoms with E-state index in [-0.39, 0.29) is 18.2 Å². The van der Waals surface area contributed by atoms with Crippen molar-refractivity contribution in [2.75, 3.05) is 13.7 Å². The number of hydrogen-bond donors (Lipinski definition) is 0. The summed E-state index contributed by atoms with van der Waals surface area (Å²) in [4.78, 5) is 12.4. The van der Waals surface area contributed by atoms with E-state index < -0.39 is 5.41 Å². The summed E-state index contributed by atoms with van der Waals surface area (Å²) in [6, 6.07) is 7.98. The van der Waals surface area contributed by atoms with Crippen LogP contribution < -0.4 is 0 Å². The van der Waals surface area contributed by atoms with Crippen LogP contribution in [0.15, 0.2) is 24.3 Å². The Hall–Kier alpha value is -1.79. The minimum absolute atomic E-state index is 0.231. The van der Waals surface area contributed by atoms with E-state index in [4.69, 9.17) is 15.9 Å². The van der Waals surface area contributed by atoms with Gasteiger partial charge in [0.1, 0.15) is 6.61 Å². The summed E-state index contributed by atoms with van der Waals surface area (Å²) < 4.78 is 10.7. The molecule has 0 bridgehead atoms. The molecule has 1 rings (SSSR count). The lowest BCUT2D eigenvalue weighted by Crippen LogP contribution is -2.37. The molecular formula is C19H26O3. The van der Waals surface area contributed by atoms with Crippen molar-refractivity contribution in [3.63, 3.8) is 0 Å². The van der Waals surface area contributed by atoms with Gasteiger partial charge in [-0.15, -0.1) is 6.42 Å². The summed E-state index contributed by atoms with van der Waals surface area (Å²) in [6.07, 6.45) is 6.57. The fraction of sp³-hybridized carbons (Fsp3) is 0.526. The van der Waals surface area contributed by atoms with Crippen LogP contribution in [0.4, 0.5) is 0 Å². The van der Waals surface area contributed by atoms with Gasteiger partial charge in [-0.05, 0) is 46.1 Å². The van der Waals surface area contributed by atoms with E-state index >= 15 is 0 Å². The molecule has 1 aromatic carbocycles. The summed E-state index contributed by atoms with van der Waals surface area (Å²) in [5.41, 5.74) is 1.01. The second-order valence-corrected chi connectivity index (χ2v) is 6.45. The van der Waals surface area contributed by atoms with E-state index in [9.17, 15) is 4.79 Å². The van der Waals surface area contributed by atoms with Gasteiger partial charge in [0.15, 0.2) is 0 Å². The number of rotatable bonds is 7. The molecule has 1 aromatic rings. The third-order valence-electron chi connectivity index (χ3n) is 4.06. The Bertz CT molecular complexity index is 554. The van der Waals surface area contributed by atoms with Gasteiger partial charge < -0.3 is 9.47 Å². The molecule has 120 valence electrons. The van der Waals surface area contributed by atoms with Crippen LogP contribution in [-0.2, 0) is 19.7 Å². The van der Waals surface area contributed by atoms with Gasteiger partial charge >= 0.3 is 5.97 Å². The number of methoxy groups -OCH3 is 1. The van der Waals surface area contributed by atoms with E-state index in [0.29, 0.717) is 12.8 Å². The summed E-state index contributed by atoms with van der Waals surface area (Å²) in [5, 5.41) is 0. The molecule has 3 heteroatoms. The molecule has 1 atom stereocenters. The summed E-state index contributed by atoms with van der Waals surface area (Å²) in [7, 11) is 1.43. The molecule has 0 radical (unpaired) electrons. The van der Waals surface area contributed by atoms with Crippen LogP contribution >= 0.6 is 0 Å². The first-order valence-electron chi connectivity index (χ1n) is 7.48. The lowest BCUT2D eigenvalue weighted by atomic mass is 9.76. The normalized spacial score (nSPS) is 14.0. The van der Waals surface area contributed by atoms with E-state index in [1.807, 2.05) is 52.0 Å². The van der Waals surface area contributed by atoms with Gasteiger partial charge in [-0.2, -0.15) is 0 Å². The zero-order valence-electron chi connectivity index (χ0n) is 14.2. The van der Waals surface area contributed by atoms with E-state index in [2.05, 4.69) is 5.92 Å². The number of hydrogen-bond acceptors (Lipinski definition) is 3. The van der Waals surface area contributed by atoms with E-state index in [0.717, 1.165) is 11.1 Å². The minimum atomic E-state index is -0.697. The standard InChI is InChI=1S/C19H26O3/c1-7-13-22-18(3,4)11-12-19(5,17(20)21-6)16-10-8-9-15(2)14-16/h1,8-10,14H,11-13H2,2-6H3. The molecular weight excluding hydrogens is 276 g/mol. The molecule has 3 nitrogen and oxygen atoms in total. The monoisotopic (exact) mass is 302 g/mol. The number of terminal acetylenes is 1. The molecule has 0 amide bonds. The molecule has 0 aliphatic heterocycles. The summed E-state index contributed by atoms with van der Waals surface area (Å²) in [5.74, 6) is 2.25. The highest BCUT2D eigenvalue weighted by atomic mass is 16.5. The molecule has 0 fully saturated rings. The van der Waals surface area contributed by atoms with Crippen LogP contribution in [0.5, 0.6) is 0 Å². The number of carbonyl (C=O) groups is 1. The van der Waals surface area contributed by atoms with Crippen molar-refractivity contribution in [2.24, 2.45) is 0 Å². The van der Waals surface area contributed by atoms with Crippen LogP contribution in [-0.4, -0.2) is 25.3 Å². The van der Waals surface area contributed by atoms with Crippen LogP contribution in [0, 0.1) is 19.3 Å². The Morgan fingerprint density at radius 2 is 1.95 bits per heavy atom. The molecule has 22 heavy (non-hydrogen) atoms. The third kappa shape index (κ3) is 4.61. The first-order valence-corrected chi connectivity index (χ1v) is 7.48. The Morgan fingerprint density at radius 1 is 1.27 bits per heavy atom. The molecule has 0 aliphatic carbocycles. The Balaban J connectivity index is 2.99. The minimum Gasteiger partial charge on any atom is -0.468 e. The highest BCUT2D eigenvalue weighted by Crippen LogP contribution is 2.34. The smallest absolute Gasteiger partial charge is 0.315 e. The van der Waals surface area contributed by atoms with Crippen molar-refractivity contribution in [2.45, 2.75) is 51.6 Å². The van der Waals surface area contributed by atoms with Crippen LogP contribution in [0.2, 0.25) is 0 Å². The van der Waals surface area contributed by atoms with E-state index in [1.54, 1.807) is 0 Å². The first kappa shape index (κ1) is 18.3. The Kier molecular flexibility index (Phi) is 6.20. The summed E-state index contributed by atoms with van der Waals surface area (Å²) >= 11 is 0. The maximum Gasteiger partial charge on any atom is 0.315 e. The van der Waals surface area contributed by atoms with Crippen molar-refractivity contribution >= 4 is 5.97 Å². The van der Waals surface area contributed by atoms with Gasteiger partial charge in [0, 0.05) is 0 Å². The van der Waals surface area contributed by atoms with Gasteiger partial charge in [0.2, 0.25) is 0 Å². The highest BCUT2D eigenvalue weighted by molar-refractivity contribution is 5.82. The second kappa shape index (κ2) is 7.47. The predicted molar refractivity (Wildman–Crippen MR) is 88.6 cm³/mol. The molecule has 0 aliphatic rings. The van der Waals surface area contributed by atoms with Gasteiger partial charge in [0.25, 0.3) is 0 Å². The highest BCUT2D eigenvalue weighted by Gasteiger charge is 2.38. The molecule has 0 saturated carbocycles. The number of esters is 1. The molecule has 0 spiro atoms. The van der Waals surface area contributed by atoms with Crippen molar-refractivity contribution in [1.29, 1.82) is 0 Å². The van der Waals surface area contributed by atoms with E-state index in [1.165, 1.54) is 7.11 Å². The fourth-order valence-electron chi connectivity index (χ4n) is 2.44. The molecule has 0 aromatic heterocycles. The average Bonchev–Trinajstić information content (AvgIpc) is 2.50. The van der Waals surface area contributed by atoms with Crippen LogP contribution in [0.1, 0.15) is 44.7 Å². The topological polar surface area (TPSA) is 35.5 Å². The SMILES string of the molecule is C#CCOC(C)(C)CCC(C)(C(=O)OC)c1cccc(C)c1. The number of benzene rings is 1. The van der Waals surface area contributed by atoms with Crippen molar-refractivity contribution in [3.05, 3.63) is 35.4 Å². The first-order chi connectivity index (χ1) is 10.2.